The van der Waals surface area contributed by atoms with Gasteiger partial charge in [0.2, 0.25) is 5.91 Å². The summed E-state index contributed by atoms with van der Waals surface area (Å²) in [7, 11) is 0. The summed E-state index contributed by atoms with van der Waals surface area (Å²) < 4.78 is 0. The number of piperidine rings is 1. The molecule has 5 heteroatoms. The van der Waals surface area contributed by atoms with Gasteiger partial charge in [0.15, 0.2) is 0 Å². The Kier molecular flexibility index (Phi) is 4.38. The zero-order chi connectivity index (χ0) is 13.9. The quantitative estimate of drug-likeness (QED) is 0.925. The number of nitrogens with two attached hydrogens (primary N) is 1. The Morgan fingerprint density at radius 1 is 1.30 bits per heavy atom. The fourth-order valence-electron chi connectivity index (χ4n) is 3.35. The maximum absolute atomic E-state index is 12.5. The molecule has 1 aromatic heterocycles. The van der Waals surface area contributed by atoms with Crippen LogP contribution in [0.2, 0.25) is 0 Å². The SMILES string of the molecule is NC(C(=O)N1CCCC(N2CCCC2)C1)c1cccs1. The van der Waals surface area contributed by atoms with Crippen molar-refractivity contribution < 1.29 is 4.79 Å². The highest BCUT2D eigenvalue weighted by Gasteiger charge is 2.31. The Bertz CT molecular complexity index is 442. The monoisotopic (exact) mass is 293 g/mol. The first kappa shape index (κ1) is 14.0. The lowest BCUT2D eigenvalue weighted by molar-refractivity contribution is -0.134. The van der Waals surface area contributed by atoms with Crippen LogP contribution in [0.15, 0.2) is 17.5 Å². The van der Waals surface area contributed by atoms with Crippen LogP contribution < -0.4 is 5.73 Å². The fourth-order valence-corrected chi connectivity index (χ4v) is 4.07. The van der Waals surface area contributed by atoms with Gasteiger partial charge in [0, 0.05) is 24.0 Å². The van der Waals surface area contributed by atoms with E-state index in [0.717, 1.165) is 24.4 Å². The molecule has 0 spiro atoms. The van der Waals surface area contributed by atoms with Gasteiger partial charge in [-0.25, -0.2) is 0 Å². The van der Waals surface area contributed by atoms with Crippen LogP contribution in [0, 0.1) is 0 Å². The molecule has 1 aromatic rings. The van der Waals surface area contributed by atoms with E-state index >= 15 is 0 Å². The van der Waals surface area contributed by atoms with E-state index in [0.29, 0.717) is 6.04 Å². The fraction of sp³-hybridized carbons (Fsp3) is 0.667. The van der Waals surface area contributed by atoms with E-state index in [4.69, 9.17) is 5.73 Å². The summed E-state index contributed by atoms with van der Waals surface area (Å²) in [5.74, 6) is 0.0938. The van der Waals surface area contributed by atoms with Crippen molar-refractivity contribution in [3.05, 3.63) is 22.4 Å². The Hall–Kier alpha value is -0.910. The number of amides is 1. The molecule has 0 aliphatic carbocycles. The molecule has 4 nitrogen and oxygen atoms in total. The lowest BCUT2D eigenvalue weighted by Gasteiger charge is -2.38. The van der Waals surface area contributed by atoms with Gasteiger partial charge in [-0.1, -0.05) is 6.07 Å². The average Bonchev–Trinajstić information content (AvgIpc) is 3.18. The number of thiophene rings is 1. The molecular weight excluding hydrogens is 270 g/mol. The van der Waals surface area contributed by atoms with Crippen LogP contribution >= 0.6 is 11.3 Å². The van der Waals surface area contributed by atoms with Gasteiger partial charge in [-0.15, -0.1) is 11.3 Å². The normalized spacial score (nSPS) is 25.9. The minimum absolute atomic E-state index is 0.0938. The molecule has 3 heterocycles. The van der Waals surface area contributed by atoms with Crippen LogP contribution in [0.5, 0.6) is 0 Å². The number of nitrogens with zero attached hydrogens (tertiary/aromatic N) is 2. The first-order valence-corrected chi connectivity index (χ1v) is 8.45. The number of rotatable bonds is 3. The van der Waals surface area contributed by atoms with Gasteiger partial charge in [0.05, 0.1) is 0 Å². The van der Waals surface area contributed by atoms with Gasteiger partial charge in [-0.2, -0.15) is 0 Å². The molecule has 0 bridgehead atoms. The van der Waals surface area contributed by atoms with Crippen molar-refractivity contribution in [1.29, 1.82) is 0 Å². The Morgan fingerprint density at radius 2 is 2.10 bits per heavy atom. The molecule has 2 atom stereocenters. The highest BCUT2D eigenvalue weighted by Crippen LogP contribution is 2.24. The van der Waals surface area contributed by atoms with Gasteiger partial charge in [0.25, 0.3) is 0 Å². The third kappa shape index (κ3) is 2.90. The molecule has 0 radical (unpaired) electrons. The number of hydrogen-bond donors (Lipinski definition) is 1. The minimum Gasteiger partial charge on any atom is -0.339 e. The van der Waals surface area contributed by atoms with Gasteiger partial charge in [-0.05, 0) is 50.2 Å². The highest BCUT2D eigenvalue weighted by atomic mass is 32.1. The van der Waals surface area contributed by atoms with E-state index in [-0.39, 0.29) is 5.91 Å². The largest absolute Gasteiger partial charge is 0.339 e. The molecule has 2 unspecified atom stereocenters. The lowest BCUT2D eigenvalue weighted by atomic mass is 10.0. The molecule has 3 rings (SSSR count). The van der Waals surface area contributed by atoms with E-state index in [9.17, 15) is 4.79 Å². The Morgan fingerprint density at radius 3 is 2.80 bits per heavy atom. The van der Waals surface area contributed by atoms with E-state index in [1.54, 1.807) is 11.3 Å². The standard InChI is InChI=1S/C15H23N3OS/c16-14(13-6-4-10-20-13)15(19)18-9-3-5-12(11-18)17-7-1-2-8-17/h4,6,10,12,14H,1-3,5,7-9,11,16H2. The third-order valence-corrected chi connectivity index (χ3v) is 5.44. The van der Waals surface area contributed by atoms with Gasteiger partial charge in [0.1, 0.15) is 6.04 Å². The number of hydrogen-bond acceptors (Lipinski definition) is 4. The zero-order valence-electron chi connectivity index (χ0n) is 11.8. The smallest absolute Gasteiger partial charge is 0.244 e. The molecule has 2 saturated heterocycles. The van der Waals surface area contributed by atoms with E-state index in [1.807, 2.05) is 22.4 Å². The zero-order valence-corrected chi connectivity index (χ0v) is 12.6. The van der Waals surface area contributed by atoms with Crippen molar-refractivity contribution in [1.82, 2.24) is 9.80 Å². The van der Waals surface area contributed by atoms with Crippen LogP contribution in [0.4, 0.5) is 0 Å². The predicted molar refractivity (Wildman–Crippen MR) is 81.7 cm³/mol. The number of likely N-dealkylation sites (tertiary alicyclic amines) is 2. The summed E-state index contributed by atoms with van der Waals surface area (Å²) in [5, 5.41) is 1.98. The maximum atomic E-state index is 12.5. The molecular formula is C15H23N3OS. The Balaban J connectivity index is 1.62. The molecule has 2 N–H and O–H groups in total. The van der Waals surface area contributed by atoms with Crippen molar-refractivity contribution >= 4 is 17.2 Å². The van der Waals surface area contributed by atoms with E-state index < -0.39 is 6.04 Å². The van der Waals surface area contributed by atoms with Crippen molar-refractivity contribution in [2.45, 2.75) is 37.8 Å². The summed E-state index contributed by atoms with van der Waals surface area (Å²) in [6, 6.07) is 3.98. The predicted octanol–water partition coefficient (Wildman–Crippen LogP) is 1.83. The molecule has 0 saturated carbocycles. The van der Waals surface area contributed by atoms with Crippen LogP contribution in [0.3, 0.4) is 0 Å². The second-order valence-electron chi connectivity index (χ2n) is 5.82. The third-order valence-electron chi connectivity index (χ3n) is 4.48. The molecule has 1 amide bonds. The van der Waals surface area contributed by atoms with Gasteiger partial charge in [-0.3, -0.25) is 9.69 Å². The van der Waals surface area contributed by atoms with Gasteiger partial charge < -0.3 is 10.6 Å². The second-order valence-corrected chi connectivity index (χ2v) is 6.80. The van der Waals surface area contributed by atoms with Gasteiger partial charge >= 0.3 is 0 Å². The summed E-state index contributed by atoms with van der Waals surface area (Å²) >= 11 is 1.57. The maximum Gasteiger partial charge on any atom is 0.244 e. The highest BCUT2D eigenvalue weighted by molar-refractivity contribution is 7.10. The average molecular weight is 293 g/mol. The first-order valence-electron chi connectivity index (χ1n) is 7.57. The minimum atomic E-state index is -0.479. The molecule has 20 heavy (non-hydrogen) atoms. The molecule has 110 valence electrons. The Labute approximate surface area is 124 Å². The second kappa shape index (κ2) is 6.24. The molecule has 0 aromatic carbocycles. The van der Waals surface area contributed by atoms with Crippen LogP contribution in [0.1, 0.15) is 36.6 Å². The lowest BCUT2D eigenvalue weighted by Crippen LogP contribution is -2.50. The van der Waals surface area contributed by atoms with Crippen LogP contribution in [-0.4, -0.2) is 47.9 Å². The summed E-state index contributed by atoms with van der Waals surface area (Å²) in [5.41, 5.74) is 6.12. The van der Waals surface area contributed by atoms with Crippen LogP contribution in [0.25, 0.3) is 0 Å². The molecule has 2 fully saturated rings. The number of carbonyl (C=O) groups is 1. The topological polar surface area (TPSA) is 49.6 Å². The summed E-state index contributed by atoms with van der Waals surface area (Å²) in [6.45, 7) is 4.12. The van der Waals surface area contributed by atoms with Crippen molar-refractivity contribution in [2.75, 3.05) is 26.2 Å². The number of carbonyl (C=O) groups excluding carboxylic acids is 1. The summed E-state index contributed by atoms with van der Waals surface area (Å²) in [6.07, 6.45) is 4.93. The van der Waals surface area contributed by atoms with E-state index in [1.165, 1.54) is 32.4 Å². The van der Waals surface area contributed by atoms with Crippen molar-refractivity contribution in [3.8, 4) is 0 Å². The van der Waals surface area contributed by atoms with Crippen LogP contribution in [-0.2, 0) is 4.79 Å². The summed E-state index contributed by atoms with van der Waals surface area (Å²) in [4.78, 5) is 18.1. The van der Waals surface area contributed by atoms with Crippen molar-refractivity contribution in [2.24, 2.45) is 5.73 Å². The first-order chi connectivity index (χ1) is 9.75. The molecule has 2 aliphatic rings. The van der Waals surface area contributed by atoms with E-state index in [2.05, 4.69) is 4.90 Å². The van der Waals surface area contributed by atoms with Crippen molar-refractivity contribution in [3.63, 3.8) is 0 Å². The molecule has 2 aliphatic heterocycles.